The van der Waals surface area contributed by atoms with Gasteiger partial charge >= 0.3 is 0 Å². The largest absolute Gasteiger partial charge is 0.303 e. The van der Waals surface area contributed by atoms with Gasteiger partial charge in [0, 0.05) is 25.7 Å². The zero-order valence-electron chi connectivity index (χ0n) is 12.5. The van der Waals surface area contributed by atoms with Crippen LogP contribution >= 0.6 is 0 Å². The molecule has 1 aromatic rings. The standard InChI is InChI=1S/C15H26N4/c1-11-5-6-12(2)13(9-11)15(17-16)14-10-18(3)7-8-19(14)4/h5-6,9,14-15,17H,7-8,10,16H2,1-4H3. The van der Waals surface area contributed by atoms with Crippen LogP contribution in [0.15, 0.2) is 18.2 Å². The Morgan fingerprint density at radius 3 is 2.68 bits per heavy atom. The number of nitrogens with one attached hydrogen (secondary N) is 1. The summed E-state index contributed by atoms with van der Waals surface area (Å²) in [4.78, 5) is 4.78. The zero-order chi connectivity index (χ0) is 14.0. The summed E-state index contributed by atoms with van der Waals surface area (Å²) in [6.45, 7) is 7.54. The molecule has 1 saturated heterocycles. The monoisotopic (exact) mass is 262 g/mol. The Morgan fingerprint density at radius 1 is 1.26 bits per heavy atom. The van der Waals surface area contributed by atoms with Gasteiger partial charge in [-0.15, -0.1) is 0 Å². The van der Waals surface area contributed by atoms with E-state index >= 15 is 0 Å². The topological polar surface area (TPSA) is 44.5 Å². The lowest BCUT2D eigenvalue weighted by atomic mass is 9.92. The van der Waals surface area contributed by atoms with Gasteiger partial charge in [0.15, 0.2) is 0 Å². The lowest BCUT2D eigenvalue weighted by molar-refractivity contribution is 0.0875. The van der Waals surface area contributed by atoms with E-state index in [1.54, 1.807) is 0 Å². The number of hydrazine groups is 1. The van der Waals surface area contributed by atoms with Gasteiger partial charge in [0.25, 0.3) is 0 Å². The molecular formula is C15H26N4. The molecule has 4 nitrogen and oxygen atoms in total. The fourth-order valence-electron chi connectivity index (χ4n) is 2.91. The van der Waals surface area contributed by atoms with Crippen molar-refractivity contribution in [3.05, 3.63) is 34.9 Å². The number of benzene rings is 1. The maximum absolute atomic E-state index is 5.87. The van der Waals surface area contributed by atoms with E-state index in [2.05, 4.69) is 61.4 Å². The molecule has 0 bridgehead atoms. The van der Waals surface area contributed by atoms with Gasteiger partial charge in [0.05, 0.1) is 6.04 Å². The van der Waals surface area contributed by atoms with Gasteiger partial charge in [-0.3, -0.25) is 16.2 Å². The first-order valence-corrected chi connectivity index (χ1v) is 6.95. The number of likely N-dealkylation sites (N-methyl/N-ethyl adjacent to an activating group) is 2. The van der Waals surface area contributed by atoms with Crippen LogP contribution in [0.3, 0.4) is 0 Å². The van der Waals surface area contributed by atoms with Crippen molar-refractivity contribution >= 4 is 0 Å². The third-order valence-corrected chi connectivity index (χ3v) is 4.23. The predicted octanol–water partition coefficient (Wildman–Crippen LogP) is 1.05. The second-order valence-electron chi connectivity index (χ2n) is 5.81. The first kappa shape index (κ1) is 14.5. The molecule has 0 amide bonds. The molecule has 19 heavy (non-hydrogen) atoms. The molecule has 1 fully saturated rings. The van der Waals surface area contributed by atoms with Crippen molar-refractivity contribution in [2.24, 2.45) is 5.84 Å². The van der Waals surface area contributed by atoms with Crippen molar-refractivity contribution < 1.29 is 0 Å². The minimum Gasteiger partial charge on any atom is -0.303 e. The van der Waals surface area contributed by atoms with Crippen molar-refractivity contribution in [3.8, 4) is 0 Å². The molecule has 0 spiro atoms. The number of aryl methyl sites for hydroxylation is 2. The van der Waals surface area contributed by atoms with Crippen LogP contribution in [0.2, 0.25) is 0 Å². The summed E-state index contributed by atoms with van der Waals surface area (Å²) in [5.74, 6) is 5.87. The van der Waals surface area contributed by atoms with Gasteiger partial charge in [-0.25, -0.2) is 0 Å². The number of hydrogen-bond donors (Lipinski definition) is 2. The number of nitrogens with two attached hydrogens (primary N) is 1. The Balaban J connectivity index is 2.30. The number of nitrogens with zero attached hydrogens (tertiary/aromatic N) is 2. The maximum Gasteiger partial charge on any atom is 0.0630 e. The summed E-state index contributed by atoms with van der Waals surface area (Å²) < 4.78 is 0. The first-order chi connectivity index (χ1) is 9.02. The number of rotatable bonds is 3. The third kappa shape index (κ3) is 3.15. The normalized spacial score (nSPS) is 23.5. The highest BCUT2D eigenvalue weighted by atomic mass is 15.3. The fraction of sp³-hybridized carbons (Fsp3) is 0.600. The fourth-order valence-corrected chi connectivity index (χ4v) is 2.91. The molecule has 106 valence electrons. The van der Waals surface area contributed by atoms with E-state index < -0.39 is 0 Å². The van der Waals surface area contributed by atoms with Crippen LogP contribution in [0.1, 0.15) is 22.7 Å². The maximum atomic E-state index is 5.87. The van der Waals surface area contributed by atoms with Crippen LogP contribution in [0, 0.1) is 13.8 Å². The molecule has 1 aliphatic rings. The van der Waals surface area contributed by atoms with Gasteiger partial charge < -0.3 is 4.90 Å². The van der Waals surface area contributed by atoms with Crippen LogP contribution in [-0.2, 0) is 0 Å². The summed E-state index contributed by atoms with van der Waals surface area (Å²) in [5.41, 5.74) is 6.94. The average molecular weight is 262 g/mol. The van der Waals surface area contributed by atoms with Crippen molar-refractivity contribution in [2.75, 3.05) is 33.7 Å². The Kier molecular flexibility index (Phi) is 4.58. The molecular weight excluding hydrogens is 236 g/mol. The highest BCUT2D eigenvalue weighted by Crippen LogP contribution is 2.26. The van der Waals surface area contributed by atoms with Gasteiger partial charge in [0.2, 0.25) is 0 Å². The third-order valence-electron chi connectivity index (χ3n) is 4.23. The molecule has 3 N–H and O–H groups in total. The molecule has 1 aromatic carbocycles. The molecule has 2 atom stereocenters. The first-order valence-electron chi connectivity index (χ1n) is 6.95. The van der Waals surface area contributed by atoms with E-state index in [0.717, 1.165) is 19.6 Å². The molecule has 0 saturated carbocycles. The van der Waals surface area contributed by atoms with Crippen molar-refractivity contribution in [3.63, 3.8) is 0 Å². The quantitative estimate of drug-likeness (QED) is 0.631. The van der Waals surface area contributed by atoms with Gasteiger partial charge in [-0.2, -0.15) is 0 Å². The van der Waals surface area contributed by atoms with Crippen LogP contribution in [0.5, 0.6) is 0 Å². The van der Waals surface area contributed by atoms with Crippen molar-refractivity contribution in [1.82, 2.24) is 15.2 Å². The molecule has 1 aliphatic heterocycles. The minimum atomic E-state index is 0.174. The van der Waals surface area contributed by atoms with Crippen molar-refractivity contribution in [2.45, 2.75) is 25.9 Å². The second kappa shape index (κ2) is 6.01. The van der Waals surface area contributed by atoms with Gasteiger partial charge in [0.1, 0.15) is 0 Å². The van der Waals surface area contributed by atoms with Crippen LogP contribution in [-0.4, -0.2) is 49.6 Å². The van der Waals surface area contributed by atoms with Gasteiger partial charge in [-0.1, -0.05) is 23.8 Å². The van der Waals surface area contributed by atoms with E-state index in [-0.39, 0.29) is 6.04 Å². The molecule has 2 rings (SSSR count). The summed E-state index contributed by atoms with van der Waals surface area (Å²) in [7, 11) is 4.36. The number of hydrogen-bond acceptors (Lipinski definition) is 4. The van der Waals surface area contributed by atoms with Crippen LogP contribution in [0.4, 0.5) is 0 Å². The Hall–Kier alpha value is -0.940. The molecule has 0 aromatic heterocycles. The zero-order valence-corrected chi connectivity index (χ0v) is 12.5. The summed E-state index contributed by atoms with van der Waals surface area (Å²) in [6, 6.07) is 7.17. The summed E-state index contributed by atoms with van der Waals surface area (Å²) >= 11 is 0. The number of piperazine rings is 1. The lowest BCUT2D eigenvalue weighted by Gasteiger charge is -2.42. The summed E-state index contributed by atoms with van der Waals surface area (Å²) in [5, 5.41) is 0. The minimum absolute atomic E-state index is 0.174. The van der Waals surface area contributed by atoms with Crippen molar-refractivity contribution in [1.29, 1.82) is 0 Å². The molecule has 0 aliphatic carbocycles. The molecule has 4 heteroatoms. The van der Waals surface area contributed by atoms with Gasteiger partial charge in [-0.05, 0) is 39.1 Å². The predicted molar refractivity (Wildman–Crippen MR) is 79.9 cm³/mol. The van der Waals surface area contributed by atoms with Crippen LogP contribution in [0.25, 0.3) is 0 Å². The van der Waals surface area contributed by atoms with E-state index in [9.17, 15) is 0 Å². The van der Waals surface area contributed by atoms with E-state index in [0.29, 0.717) is 6.04 Å². The average Bonchev–Trinajstić information content (AvgIpc) is 2.38. The Labute approximate surface area is 116 Å². The lowest BCUT2D eigenvalue weighted by Crippen LogP contribution is -2.56. The van der Waals surface area contributed by atoms with E-state index in [1.165, 1.54) is 16.7 Å². The summed E-state index contributed by atoms with van der Waals surface area (Å²) in [6.07, 6.45) is 0. The Morgan fingerprint density at radius 2 is 2.00 bits per heavy atom. The SMILES string of the molecule is Cc1ccc(C)c(C(NN)C2CN(C)CCN2C)c1. The highest BCUT2D eigenvalue weighted by molar-refractivity contribution is 5.34. The highest BCUT2D eigenvalue weighted by Gasteiger charge is 2.30. The molecule has 0 radical (unpaired) electrons. The molecule has 2 unspecified atom stereocenters. The second-order valence-corrected chi connectivity index (χ2v) is 5.81. The van der Waals surface area contributed by atoms with E-state index in [1.807, 2.05) is 0 Å². The Bertz CT molecular complexity index is 432. The van der Waals surface area contributed by atoms with Crippen LogP contribution < -0.4 is 11.3 Å². The molecule has 1 heterocycles. The van der Waals surface area contributed by atoms with E-state index in [4.69, 9.17) is 5.84 Å². The smallest absolute Gasteiger partial charge is 0.0630 e.